The van der Waals surface area contributed by atoms with Gasteiger partial charge in [-0.05, 0) is 6.42 Å². The fraction of sp³-hybridized carbons (Fsp3) is 0.778. The first-order valence-electron chi connectivity index (χ1n) is 4.69. The van der Waals surface area contributed by atoms with E-state index in [4.69, 9.17) is 0 Å². The molecule has 2 fully saturated rings. The summed E-state index contributed by atoms with van der Waals surface area (Å²) in [6.07, 6.45) is 1.50. The number of carbonyl (C=O) groups is 2. The van der Waals surface area contributed by atoms with Crippen molar-refractivity contribution in [3.8, 4) is 0 Å². The summed E-state index contributed by atoms with van der Waals surface area (Å²) in [6.45, 7) is 2.07. The van der Waals surface area contributed by atoms with Crippen LogP contribution in [0.25, 0.3) is 0 Å². The van der Waals surface area contributed by atoms with Crippen LogP contribution in [0.15, 0.2) is 0 Å². The van der Waals surface area contributed by atoms with E-state index in [1.54, 1.807) is 4.90 Å². The van der Waals surface area contributed by atoms with Gasteiger partial charge in [0.25, 0.3) is 0 Å². The van der Waals surface area contributed by atoms with Gasteiger partial charge >= 0.3 is 0 Å². The van der Waals surface area contributed by atoms with Crippen LogP contribution in [-0.2, 0) is 9.59 Å². The molecular weight excluding hydrogens is 168 g/mol. The molecule has 2 aliphatic heterocycles. The molecule has 1 atom stereocenters. The van der Waals surface area contributed by atoms with Gasteiger partial charge in [-0.25, -0.2) is 0 Å². The second kappa shape index (κ2) is 3.10. The SMILES string of the molecule is CN1CCC(N2CCC(=O)C2)C1=O. The number of hydrogen-bond acceptors (Lipinski definition) is 3. The van der Waals surface area contributed by atoms with E-state index < -0.39 is 0 Å². The van der Waals surface area contributed by atoms with E-state index in [0.29, 0.717) is 13.0 Å². The molecule has 0 aromatic heterocycles. The van der Waals surface area contributed by atoms with Crippen molar-refractivity contribution in [2.45, 2.75) is 18.9 Å². The third-order valence-corrected chi connectivity index (χ3v) is 2.90. The molecule has 2 rings (SSSR count). The number of likely N-dealkylation sites (tertiary alicyclic amines) is 2. The molecule has 2 saturated heterocycles. The molecular formula is C9H14N2O2. The van der Waals surface area contributed by atoms with Crippen LogP contribution in [0.4, 0.5) is 0 Å². The molecule has 0 aromatic rings. The number of nitrogens with zero attached hydrogens (tertiary/aromatic N) is 2. The van der Waals surface area contributed by atoms with Crippen molar-refractivity contribution in [3.05, 3.63) is 0 Å². The standard InChI is InChI=1S/C9H14N2O2/c1-10-4-3-8(9(10)13)11-5-2-7(12)6-11/h8H,2-6H2,1H3. The number of carbonyl (C=O) groups excluding carboxylic acids is 2. The van der Waals surface area contributed by atoms with Crippen molar-refractivity contribution >= 4 is 11.7 Å². The molecule has 0 aromatic carbocycles. The number of Topliss-reactive ketones (excluding diaryl/α,β-unsaturated/α-hetero) is 1. The Kier molecular flexibility index (Phi) is 2.07. The maximum Gasteiger partial charge on any atom is 0.239 e. The summed E-state index contributed by atoms with van der Waals surface area (Å²) in [6, 6.07) is -0.0172. The van der Waals surface area contributed by atoms with E-state index in [2.05, 4.69) is 0 Å². The van der Waals surface area contributed by atoms with Crippen LogP contribution in [0.5, 0.6) is 0 Å². The van der Waals surface area contributed by atoms with Crippen LogP contribution in [0.3, 0.4) is 0 Å². The zero-order valence-electron chi connectivity index (χ0n) is 7.82. The minimum Gasteiger partial charge on any atom is -0.344 e. The minimum atomic E-state index is -0.0172. The largest absolute Gasteiger partial charge is 0.344 e. The molecule has 13 heavy (non-hydrogen) atoms. The zero-order chi connectivity index (χ0) is 9.42. The van der Waals surface area contributed by atoms with Crippen LogP contribution in [0.2, 0.25) is 0 Å². The monoisotopic (exact) mass is 182 g/mol. The summed E-state index contributed by atoms with van der Waals surface area (Å²) in [5.41, 5.74) is 0. The maximum absolute atomic E-state index is 11.6. The van der Waals surface area contributed by atoms with E-state index in [1.807, 2.05) is 11.9 Å². The highest BCUT2D eigenvalue weighted by atomic mass is 16.2. The summed E-state index contributed by atoms with van der Waals surface area (Å²) < 4.78 is 0. The summed E-state index contributed by atoms with van der Waals surface area (Å²) in [5.74, 6) is 0.442. The van der Waals surface area contributed by atoms with Gasteiger partial charge in [0.05, 0.1) is 12.6 Å². The molecule has 1 unspecified atom stereocenters. The number of likely N-dealkylation sites (N-methyl/N-ethyl adjacent to an activating group) is 1. The maximum atomic E-state index is 11.6. The number of rotatable bonds is 1. The molecule has 0 aliphatic carbocycles. The smallest absolute Gasteiger partial charge is 0.239 e. The Hall–Kier alpha value is -0.900. The summed E-state index contributed by atoms with van der Waals surface area (Å²) in [7, 11) is 1.82. The van der Waals surface area contributed by atoms with E-state index >= 15 is 0 Å². The lowest BCUT2D eigenvalue weighted by Gasteiger charge is -2.20. The van der Waals surface area contributed by atoms with E-state index in [0.717, 1.165) is 19.5 Å². The molecule has 2 heterocycles. The van der Waals surface area contributed by atoms with Crippen molar-refractivity contribution in [2.24, 2.45) is 0 Å². The lowest BCUT2D eigenvalue weighted by atomic mass is 10.2. The van der Waals surface area contributed by atoms with E-state index in [-0.39, 0.29) is 17.7 Å². The highest BCUT2D eigenvalue weighted by Gasteiger charge is 2.36. The lowest BCUT2D eigenvalue weighted by molar-refractivity contribution is -0.130. The molecule has 0 N–H and O–H groups in total. The highest BCUT2D eigenvalue weighted by molar-refractivity contribution is 5.87. The summed E-state index contributed by atoms with van der Waals surface area (Å²) in [5, 5.41) is 0. The Morgan fingerprint density at radius 1 is 1.31 bits per heavy atom. The topological polar surface area (TPSA) is 40.6 Å². The van der Waals surface area contributed by atoms with Gasteiger partial charge in [0.15, 0.2) is 0 Å². The molecule has 1 amide bonds. The molecule has 0 bridgehead atoms. The lowest BCUT2D eigenvalue weighted by Crippen LogP contribution is -2.39. The van der Waals surface area contributed by atoms with Gasteiger partial charge in [-0.1, -0.05) is 0 Å². The molecule has 0 saturated carbocycles. The quantitative estimate of drug-likeness (QED) is 0.548. The van der Waals surface area contributed by atoms with Crippen LogP contribution >= 0.6 is 0 Å². The van der Waals surface area contributed by atoms with E-state index in [9.17, 15) is 9.59 Å². The van der Waals surface area contributed by atoms with Gasteiger partial charge in [-0.2, -0.15) is 0 Å². The van der Waals surface area contributed by atoms with Crippen LogP contribution in [0.1, 0.15) is 12.8 Å². The minimum absolute atomic E-state index is 0.0172. The summed E-state index contributed by atoms with van der Waals surface area (Å²) >= 11 is 0. The normalized spacial score (nSPS) is 30.5. The third-order valence-electron chi connectivity index (χ3n) is 2.90. The van der Waals surface area contributed by atoms with Crippen LogP contribution < -0.4 is 0 Å². The van der Waals surface area contributed by atoms with Gasteiger partial charge < -0.3 is 4.90 Å². The first-order valence-corrected chi connectivity index (χ1v) is 4.69. The average molecular weight is 182 g/mol. The zero-order valence-corrected chi connectivity index (χ0v) is 7.82. The molecule has 0 radical (unpaired) electrons. The van der Waals surface area contributed by atoms with Crippen molar-refractivity contribution in [3.63, 3.8) is 0 Å². The molecule has 2 aliphatic rings. The average Bonchev–Trinajstić information content (AvgIpc) is 2.62. The molecule has 4 heteroatoms. The Balaban J connectivity index is 2.02. The number of hydrogen-bond donors (Lipinski definition) is 0. The first-order chi connectivity index (χ1) is 6.18. The summed E-state index contributed by atoms with van der Waals surface area (Å²) in [4.78, 5) is 26.4. The third kappa shape index (κ3) is 1.46. The molecule has 0 spiro atoms. The fourth-order valence-electron chi connectivity index (χ4n) is 2.06. The first kappa shape index (κ1) is 8.69. The second-order valence-corrected chi connectivity index (χ2v) is 3.82. The van der Waals surface area contributed by atoms with Crippen molar-refractivity contribution in [1.82, 2.24) is 9.80 Å². The molecule has 72 valence electrons. The van der Waals surface area contributed by atoms with Crippen LogP contribution in [0, 0.1) is 0 Å². The predicted octanol–water partition coefficient (Wildman–Crippen LogP) is -0.508. The van der Waals surface area contributed by atoms with Gasteiger partial charge in [-0.3, -0.25) is 14.5 Å². The van der Waals surface area contributed by atoms with Gasteiger partial charge in [0.1, 0.15) is 5.78 Å². The Morgan fingerprint density at radius 2 is 2.08 bits per heavy atom. The molecule has 4 nitrogen and oxygen atoms in total. The Labute approximate surface area is 77.5 Å². The van der Waals surface area contributed by atoms with Gasteiger partial charge in [0.2, 0.25) is 5.91 Å². The Bertz CT molecular complexity index is 252. The van der Waals surface area contributed by atoms with Gasteiger partial charge in [-0.15, -0.1) is 0 Å². The number of amides is 1. The van der Waals surface area contributed by atoms with Crippen LogP contribution in [-0.4, -0.2) is 54.2 Å². The Morgan fingerprint density at radius 3 is 2.54 bits per heavy atom. The van der Waals surface area contributed by atoms with E-state index in [1.165, 1.54) is 0 Å². The fourth-order valence-corrected chi connectivity index (χ4v) is 2.06. The van der Waals surface area contributed by atoms with Crippen molar-refractivity contribution < 1.29 is 9.59 Å². The van der Waals surface area contributed by atoms with Gasteiger partial charge in [0, 0.05) is 26.6 Å². The van der Waals surface area contributed by atoms with Crippen molar-refractivity contribution in [2.75, 3.05) is 26.7 Å². The number of ketones is 1. The van der Waals surface area contributed by atoms with Crippen molar-refractivity contribution in [1.29, 1.82) is 0 Å². The highest BCUT2D eigenvalue weighted by Crippen LogP contribution is 2.18. The second-order valence-electron chi connectivity index (χ2n) is 3.82. The predicted molar refractivity (Wildman–Crippen MR) is 47.2 cm³/mol.